The smallest absolute Gasteiger partial charge is 0.407 e. The fraction of sp³-hybridized carbons (Fsp3) is 0.529. The summed E-state index contributed by atoms with van der Waals surface area (Å²) in [6.45, 7) is 7.31. The Morgan fingerprint density at radius 1 is 1.22 bits per heavy atom. The molecule has 2 amide bonds. The molecule has 2 unspecified atom stereocenters. The van der Waals surface area contributed by atoms with E-state index in [4.69, 9.17) is 10.5 Å². The Balaban J connectivity index is 2.67. The molecule has 1 aromatic rings. The van der Waals surface area contributed by atoms with Crippen molar-refractivity contribution in [2.75, 3.05) is 6.54 Å². The monoisotopic (exact) mass is 321 g/mol. The molecule has 2 atom stereocenters. The van der Waals surface area contributed by atoms with Crippen LogP contribution in [0.25, 0.3) is 0 Å². The van der Waals surface area contributed by atoms with Gasteiger partial charge in [0.25, 0.3) is 0 Å². The molecule has 0 bridgehead atoms. The maximum Gasteiger partial charge on any atom is 0.407 e. The zero-order valence-electron chi connectivity index (χ0n) is 14.3. The number of nitrogens with two attached hydrogens (primary N) is 1. The van der Waals surface area contributed by atoms with Crippen LogP contribution in [0.1, 0.15) is 33.3 Å². The molecule has 4 N–H and O–H groups in total. The van der Waals surface area contributed by atoms with Crippen molar-refractivity contribution >= 4 is 12.0 Å². The lowest BCUT2D eigenvalue weighted by Gasteiger charge is -2.24. The summed E-state index contributed by atoms with van der Waals surface area (Å²) in [4.78, 5) is 23.6. The molecule has 0 saturated carbocycles. The average molecular weight is 321 g/mol. The van der Waals surface area contributed by atoms with Crippen LogP contribution >= 0.6 is 0 Å². The molecule has 0 aliphatic heterocycles. The third-order valence-electron chi connectivity index (χ3n) is 2.98. The minimum atomic E-state index is -0.589. The van der Waals surface area contributed by atoms with Crippen molar-refractivity contribution in [2.24, 2.45) is 5.73 Å². The predicted molar refractivity (Wildman–Crippen MR) is 90.0 cm³/mol. The molecule has 128 valence electrons. The fourth-order valence-corrected chi connectivity index (χ4v) is 1.93. The molecule has 0 fully saturated rings. The van der Waals surface area contributed by atoms with Crippen LogP contribution in [0.3, 0.4) is 0 Å². The third kappa shape index (κ3) is 8.21. The molecule has 6 nitrogen and oxygen atoms in total. The van der Waals surface area contributed by atoms with E-state index in [0.29, 0.717) is 6.42 Å². The Hall–Kier alpha value is -2.08. The molecular formula is C17H27N3O3. The second-order valence-electron chi connectivity index (χ2n) is 6.57. The van der Waals surface area contributed by atoms with Gasteiger partial charge in [-0.2, -0.15) is 0 Å². The summed E-state index contributed by atoms with van der Waals surface area (Å²) >= 11 is 0. The Labute approximate surface area is 137 Å². The molecular weight excluding hydrogens is 294 g/mol. The number of rotatable bonds is 6. The zero-order chi connectivity index (χ0) is 17.5. The second kappa shape index (κ2) is 8.53. The van der Waals surface area contributed by atoms with Crippen LogP contribution in [0.2, 0.25) is 0 Å². The summed E-state index contributed by atoms with van der Waals surface area (Å²) in [5, 5.41) is 5.54. The summed E-state index contributed by atoms with van der Waals surface area (Å²) in [5.74, 6) is -0.256. The molecule has 23 heavy (non-hydrogen) atoms. The van der Waals surface area contributed by atoms with E-state index in [1.54, 1.807) is 27.7 Å². The Morgan fingerprint density at radius 3 is 2.35 bits per heavy atom. The van der Waals surface area contributed by atoms with Crippen molar-refractivity contribution in [3.05, 3.63) is 35.9 Å². The number of alkyl carbamates (subject to hydrolysis) is 1. The minimum Gasteiger partial charge on any atom is -0.444 e. The van der Waals surface area contributed by atoms with Crippen LogP contribution in [0.5, 0.6) is 0 Å². The van der Waals surface area contributed by atoms with E-state index in [-0.39, 0.29) is 18.5 Å². The highest BCUT2D eigenvalue weighted by atomic mass is 16.6. The normalized spacial score (nSPS) is 13.8. The van der Waals surface area contributed by atoms with E-state index in [0.717, 1.165) is 5.56 Å². The molecule has 0 aliphatic carbocycles. The van der Waals surface area contributed by atoms with Gasteiger partial charge in [-0.25, -0.2) is 4.79 Å². The molecule has 0 heterocycles. The number of hydrogen-bond acceptors (Lipinski definition) is 4. The van der Waals surface area contributed by atoms with Gasteiger partial charge in [-0.3, -0.25) is 4.79 Å². The van der Waals surface area contributed by atoms with Gasteiger partial charge in [0.15, 0.2) is 0 Å². The molecule has 1 aromatic carbocycles. The predicted octanol–water partition coefficient (Wildman–Crippen LogP) is 1.59. The van der Waals surface area contributed by atoms with Gasteiger partial charge < -0.3 is 21.1 Å². The van der Waals surface area contributed by atoms with Crippen molar-refractivity contribution in [3.63, 3.8) is 0 Å². The standard InChI is InChI=1S/C17H27N3O3/c1-12(18)15(21)19-11-14(10-13-8-6-5-7-9-13)20-16(22)23-17(2,3)4/h5-9,12,14H,10-11,18H2,1-4H3,(H,19,21)(H,20,22). The Kier molecular flexibility index (Phi) is 7.03. The largest absolute Gasteiger partial charge is 0.444 e. The summed E-state index contributed by atoms with van der Waals surface area (Å²) in [6, 6.07) is 8.86. The van der Waals surface area contributed by atoms with Crippen LogP contribution in [-0.2, 0) is 16.0 Å². The highest BCUT2D eigenvalue weighted by Gasteiger charge is 2.20. The van der Waals surface area contributed by atoms with E-state index < -0.39 is 17.7 Å². The maximum atomic E-state index is 12.0. The second-order valence-corrected chi connectivity index (χ2v) is 6.57. The van der Waals surface area contributed by atoms with Gasteiger partial charge in [-0.15, -0.1) is 0 Å². The van der Waals surface area contributed by atoms with Gasteiger partial charge in [0.05, 0.1) is 12.1 Å². The first-order chi connectivity index (χ1) is 10.7. The minimum absolute atomic E-state index is 0.256. The van der Waals surface area contributed by atoms with Crippen LogP contribution in [0.15, 0.2) is 30.3 Å². The number of nitrogens with one attached hydrogen (secondary N) is 2. The highest BCUT2D eigenvalue weighted by Crippen LogP contribution is 2.08. The van der Waals surface area contributed by atoms with Gasteiger partial charge in [-0.1, -0.05) is 30.3 Å². The van der Waals surface area contributed by atoms with Crippen LogP contribution in [0.4, 0.5) is 4.79 Å². The van der Waals surface area contributed by atoms with Gasteiger partial charge in [-0.05, 0) is 39.7 Å². The number of ether oxygens (including phenoxy) is 1. The first-order valence-electron chi connectivity index (χ1n) is 7.74. The van der Waals surface area contributed by atoms with E-state index in [1.807, 2.05) is 30.3 Å². The van der Waals surface area contributed by atoms with Crippen LogP contribution in [0, 0.1) is 0 Å². The summed E-state index contributed by atoms with van der Waals surface area (Å²) in [6.07, 6.45) is 0.0766. The molecule has 0 spiro atoms. The number of hydrogen-bond donors (Lipinski definition) is 3. The Morgan fingerprint density at radius 2 is 1.83 bits per heavy atom. The van der Waals surface area contributed by atoms with Crippen LogP contribution < -0.4 is 16.4 Å². The quantitative estimate of drug-likeness (QED) is 0.741. The van der Waals surface area contributed by atoms with Crippen molar-refractivity contribution < 1.29 is 14.3 Å². The first-order valence-corrected chi connectivity index (χ1v) is 7.74. The number of benzene rings is 1. The molecule has 0 saturated heterocycles. The zero-order valence-corrected chi connectivity index (χ0v) is 14.3. The molecule has 0 aliphatic rings. The van der Waals surface area contributed by atoms with Gasteiger partial charge >= 0.3 is 6.09 Å². The number of carbonyl (C=O) groups is 2. The van der Waals surface area contributed by atoms with Crippen molar-refractivity contribution in [1.82, 2.24) is 10.6 Å². The van der Waals surface area contributed by atoms with E-state index in [9.17, 15) is 9.59 Å². The number of amides is 2. The molecule has 0 radical (unpaired) electrons. The van der Waals surface area contributed by atoms with Crippen molar-refractivity contribution in [2.45, 2.75) is 51.8 Å². The lowest BCUT2D eigenvalue weighted by Crippen LogP contribution is -2.49. The number of carbonyl (C=O) groups excluding carboxylic acids is 2. The van der Waals surface area contributed by atoms with Gasteiger partial charge in [0, 0.05) is 6.54 Å². The highest BCUT2D eigenvalue weighted by molar-refractivity contribution is 5.81. The fourth-order valence-electron chi connectivity index (χ4n) is 1.93. The average Bonchev–Trinajstić information content (AvgIpc) is 2.43. The third-order valence-corrected chi connectivity index (χ3v) is 2.98. The summed E-state index contributed by atoms with van der Waals surface area (Å²) in [5.41, 5.74) is 6.02. The van der Waals surface area contributed by atoms with Crippen LogP contribution in [-0.4, -0.2) is 36.2 Å². The summed E-state index contributed by atoms with van der Waals surface area (Å²) < 4.78 is 5.27. The lowest BCUT2D eigenvalue weighted by atomic mass is 10.1. The first kappa shape index (κ1) is 19.0. The maximum absolute atomic E-state index is 12.0. The lowest BCUT2D eigenvalue weighted by molar-refractivity contribution is -0.122. The topological polar surface area (TPSA) is 93.5 Å². The molecule has 0 aromatic heterocycles. The summed E-state index contributed by atoms with van der Waals surface area (Å²) in [7, 11) is 0. The van der Waals surface area contributed by atoms with E-state index in [2.05, 4.69) is 10.6 Å². The Bertz CT molecular complexity index is 510. The molecule has 6 heteroatoms. The van der Waals surface area contributed by atoms with Gasteiger partial charge in [0.1, 0.15) is 5.60 Å². The molecule has 1 rings (SSSR count). The van der Waals surface area contributed by atoms with Crippen molar-refractivity contribution in [3.8, 4) is 0 Å². The van der Waals surface area contributed by atoms with E-state index >= 15 is 0 Å². The van der Waals surface area contributed by atoms with Gasteiger partial charge in [0.2, 0.25) is 5.91 Å². The van der Waals surface area contributed by atoms with E-state index in [1.165, 1.54) is 0 Å². The SMILES string of the molecule is CC(N)C(=O)NCC(Cc1ccccc1)NC(=O)OC(C)(C)C. The van der Waals surface area contributed by atoms with Crippen molar-refractivity contribution in [1.29, 1.82) is 0 Å².